The molecule has 1 aliphatic carbocycles. The predicted octanol–water partition coefficient (Wildman–Crippen LogP) is 2.35. The number of nitrogens with one attached hydrogen (secondary N) is 1. The maximum Gasteiger partial charge on any atom is 0.259 e. The van der Waals surface area contributed by atoms with Gasteiger partial charge in [-0.2, -0.15) is 0 Å². The zero-order chi connectivity index (χ0) is 16.8. The van der Waals surface area contributed by atoms with Crippen LogP contribution in [0, 0.1) is 19.8 Å². The topological polar surface area (TPSA) is 52.2 Å². The number of rotatable bonds is 4. The van der Waals surface area contributed by atoms with Gasteiger partial charge in [0.15, 0.2) is 0 Å². The maximum atomic E-state index is 12.4. The van der Waals surface area contributed by atoms with Gasteiger partial charge in [0, 0.05) is 43.0 Å². The summed E-state index contributed by atoms with van der Waals surface area (Å²) in [6.07, 6.45) is 1.17. The van der Waals surface area contributed by atoms with Crippen LogP contribution in [0.25, 0.3) is 10.2 Å². The first-order chi connectivity index (χ1) is 11.5. The fraction of sp³-hybridized carbons (Fsp3) is 0.647. The van der Waals surface area contributed by atoms with Crippen molar-refractivity contribution in [1.29, 1.82) is 0 Å². The number of piperazine rings is 1. The molecule has 2 unspecified atom stereocenters. The highest BCUT2D eigenvalue weighted by Gasteiger charge is 2.36. The largest absolute Gasteiger partial charge is 0.309 e. The second-order valence-corrected chi connectivity index (χ2v) is 8.83. The molecule has 24 heavy (non-hydrogen) atoms. The van der Waals surface area contributed by atoms with Gasteiger partial charge in [-0.15, -0.1) is 22.9 Å². The summed E-state index contributed by atoms with van der Waals surface area (Å²) in [5.41, 5.74) is 1.05. The van der Waals surface area contributed by atoms with Gasteiger partial charge in [0.25, 0.3) is 5.56 Å². The van der Waals surface area contributed by atoms with E-state index in [1.807, 2.05) is 13.8 Å². The first kappa shape index (κ1) is 16.5. The Morgan fingerprint density at radius 2 is 1.92 bits per heavy atom. The van der Waals surface area contributed by atoms with E-state index in [4.69, 9.17) is 11.6 Å². The number of aromatic nitrogens is 2. The molecule has 1 N–H and O–H groups in total. The van der Waals surface area contributed by atoms with Crippen molar-refractivity contribution in [2.45, 2.75) is 32.2 Å². The van der Waals surface area contributed by atoms with Crippen LogP contribution in [0.15, 0.2) is 4.79 Å². The van der Waals surface area contributed by atoms with Gasteiger partial charge in [0.05, 0.1) is 11.9 Å². The number of aryl methyl sites for hydroxylation is 2. The SMILES string of the molecule is Cc1sc2nc(CN3CCN(CC4CC4Cl)CC3)[nH]c(=O)c2c1C. The molecule has 2 fully saturated rings. The molecule has 1 saturated carbocycles. The molecule has 0 spiro atoms. The van der Waals surface area contributed by atoms with Crippen LogP contribution >= 0.6 is 22.9 Å². The van der Waals surface area contributed by atoms with Crippen LogP contribution in [0.5, 0.6) is 0 Å². The predicted molar refractivity (Wildman–Crippen MR) is 99.2 cm³/mol. The van der Waals surface area contributed by atoms with Crippen LogP contribution in [0.3, 0.4) is 0 Å². The average molecular weight is 367 g/mol. The quantitative estimate of drug-likeness (QED) is 0.844. The van der Waals surface area contributed by atoms with Gasteiger partial charge in [-0.05, 0) is 31.7 Å². The first-order valence-electron chi connectivity index (χ1n) is 8.59. The van der Waals surface area contributed by atoms with E-state index in [9.17, 15) is 4.79 Å². The number of thiophene rings is 1. The molecule has 2 aromatic rings. The fourth-order valence-electron chi connectivity index (χ4n) is 3.45. The van der Waals surface area contributed by atoms with E-state index in [0.717, 1.165) is 60.9 Å². The Morgan fingerprint density at radius 1 is 1.25 bits per heavy atom. The molecule has 5 nitrogen and oxygen atoms in total. The van der Waals surface area contributed by atoms with Gasteiger partial charge in [-0.25, -0.2) is 4.98 Å². The van der Waals surface area contributed by atoms with Crippen molar-refractivity contribution in [3.63, 3.8) is 0 Å². The minimum atomic E-state index is -0.00243. The monoisotopic (exact) mass is 366 g/mol. The summed E-state index contributed by atoms with van der Waals surface area (Å²) in [6, 6.07) is 0. The molecule has 1 saturated heterocycles. The van der Waals surface area contributed by atoms with Crippen LogP contribution in [0.4, 0.5) is 0 Å². The molecule has 2 aliphatic rings. The van der Waals surface area contributed by atoms with Crippen LogP contribution in [-0.4, -0.2) is 57.9 Å². The van der Waals surface area contributed by atoms with E-state index in [1.165, 1.54) is 11.3 Å². The van der Waals surface area contributed by atoms with Crippen molar-refractivity contribution in [1.82, 2.24) is 19.8 Å². The summed E-state index contributed by atoms with van der Waals surface area (Å²) in [4.78, 5) is 26.9. The van der Waals surface area contributed by atoms with Gasteiger partial charge in [-0.1, -0.05) is 0 Å². The minimum absolute atomic E-state index is 0.00243. The van der Waals surface area contributed by atoms with Gasteiger partial charge >= 0.3 is 0 Å². The summed E-state index contributed by atoms with van der Waals surface area (Å²) in [7, 11) is 0. The highest BCUT2D eigenvalue weighted by atomic mass is 35.5. The lowest BCUT2D eigenvalue weighted by Gasteiger charge is -2.34. The van der Waals surface area contributed by atoms with Gasteiger partial charge in [0.1, 0.15) is 10.7 Å². The Balaban J connectivity index is 1.41. The maximum absolute atomic E-state index is 12.4. The van der Waals surface area contributed by atoms with E-state index >= 15 is 0 Å². The molecule has 2 atom stereocenters. The molecule has 0 amide bonds. The van der Waals surface area contributed by atoms with Crippen LogP contribution < -0.4 is 5.56 Å². The highest BCUT2D eigenvalue weighted by molar-refractivity contribution is 7.18. The Kier molecular flexibility index (Phi) is 4.41. The van der Waals surface area contributed by atoms with Crippen molar-refractivity contribution in [3.05, 3.63) is 26.6 Å². The van der Waals surface area contributed by atoms with Crippen molar-refractivity contribution in [2.75, 3.05) is 32.7 Å². The number of alkyl halides is 1. The first-order valence-corrected chi connectivity index (χ1v) is 9.84. The summed E-state index contributed by atoms with van der Waals surface area (Å²) in [5.74, 6) is 1.48. The smallest absolute Gasteiger partial charge is 0.259 e. The lowest BCUT2D eigenvalue weighted by molar-refractivity contribution is 0.121. The van der Waals surface area contributed by atoms with E-state index in [-0.39, 0.29) is 5.56 Å². The number of fused-ring (bicyclic) bond motifs is 1. The third kappa shape index (κ3) is 3.25. The average Bonchev–Trinajstić information content (AvgIpc) is 3.14. The standard InChI is InChI=1S/C17H23ClN4OS/c1-10-11(2)24-17-15(10)16(23)19-14(20-17)9-22-5-3-21(4-6-22)8-12-7-13(12)18/h12-13H,3-9H2,1-2H3,(H,19,20,23). The lowest BCUT2D eigenvalue weighted by Crippen LogP contribution is -2.46. The van der Waals surface area contributed by atoms with Gasteiger partial charge in [-0.3, -0.25) is 9.69 Å². The van der Waals surface area contributed by atoms with E-state index in [0.29, 0.717) is 11.3 Å². The summed E-state index contributed by atoms with van der Waals surface area (Å²) in [5, 5.41) is 1.16. The number of halogens is 1. The number of nitrogens with zero attached hydrogens (tertiary/aromatic N) is 3. The number of aromatic amines is 1. The molecule has 1 aliphatic heterocycles. The third-order valence-electron chi connectivity index (χ3n) is 5.26. The second kappa shape index (κ2) is 6.41. The van der Waals surface area contributed by atoms with Crippen LogP contribution in [-0.2, 0) is 6.54 Å². The molecular formula is C17H23ClN4OS. The molecule has 130 valence electrons. The van der Waals surface area contributed by atoms with Crippen molar-refractivity contribution in [2.24, 2.45) is 5.92 Å². The Morgan fingerprint density at radius 3 is 2.58 bits per heavy atom. The number of hydrogen-bond donors (Lipinski definition) is 1. The normalized spacial score (nSPS) is 25.5. The lowest BCUT2D eigenvalue weighted by atomic mass is 10.2. The van der Waals surface area contributed by atoms with Crippen LogP contribution in [0.2, 0.25) is 0 Å². The number of H-pyrrole nitrogens is 1. The Hall–Kier alpha value is -0.950. The molecule has 2 aromatic heterocycles. The molecule has 3 heterocycles. The van der Waals surface area contributed by atoms with E-state index in [2.05, 4.69) is 19.8 Å². The van der Waals surface area contributed by atoms with E-state index < -0.39 is 0 Å². The summed E-state index contributed by atoms with van der Waals surface area (Å²) in [6.45, 7) is 10.1. The second-order valence-electron chi connectivity index (χ2n) is 7.06. The Bertz CT molecular complexity index is 809. The third-order valence-corrected chi connectivity index (χ3v) is 6.89. The van der Waals surface area contributed by atoms with Crippen molar-refractivity contribution in [3.8, 4) is 0 Å². The molecule has 4 rings (SSSR count). The number of hydrogen-bond acceptors (Lipinski definition) is 5. The molecule has 0 bridgehead atoms. The minimum Gasteiger partial charge on any atom is -0.309 e. The van der Waals surface area contributed by atoms with E-state index in [1.54, 1.807) is 11.3 Å². The van der Waals surface area contributed by atoms with Crippen molar-refractivity contribution >= 4 is 33.2 Å². The van der Waals surface area contributed by atoms with Gasteiger partial charge in [0.2, 0.25) is 0 Å². The highest BCUT2D eigenvalue weighted by Crippen LogP contribution is 2.36. The van der Waals surface area contributed by atoms with Gasteiger partial charge < -0.3 is 9.88 Å². The molecule has 0 aromatic carbocycles. The van der Waals surface area contributed by atoms with Crippen LogP contribution in [0.1, 0.15) is 22.7 Å². The zero-order valence-electron chi connectivity index (χ0n) is 14.1. The molecular weight excluding hydrogens is 344 g/mol. The van der Waals surface area contributed by atoms with Crippen molar-refractivity contribution < 1.29 is 0 Å². The molecule has 0 radical (unpaired) electrons. The summed E-state index contributed by atoms with van der Waals surface area (Å²) >= 11 is 7.72. The zero-order valence-corrected chi connectivity index (χ0v) is 15.7. The Labute approximate surface area is 150 Å². The fourth-order valence-corrected chi connectivity index (χ4v) is 4.80. The molecule has 7 heteroatoms. The summed E-state index contributed by atoms with van der Waals surface area (Å²) < 4.78 is 0.